The zero-order valence-electron chi connectivity index (χ0n) is 16.0. The van der Waals surface area contributed by atoms with E-state index < -0.39 is 0 Å². The molecule has 3 aromatic rings. The maximum Gasteiger partial charge on any atom is 0.283 e. The number of piperidine rings is 1. The average molecular weight is 381 g/mol. The van der Waals surface area contributed by atoms with Crippen LogP contribution in [-0.4, -0.2) is 40.2 Å². The van der Waals surface area contributed by atoms with Gasteiger partial charge in [-0.15, -0.1) is 10.2 Å². The number of carbonyl (C=O) groups is 1. The van der Waals surface area contributed by atoms with Crippen LogP contribution in [0.1, 0.15) is 48.9 Å². The zero-order chi connectivity index (χ0) is 19.5. The van der Waals surface area contributed by atoms with Crippen LogP contribution >= 0.6 is 0 Å². The number of hydrogen-bond acceptors (Lipinski definition) is 6. The minimum atomic E-state index is 0.0383. The Balaban J connectivity index is 1.35. The van der Waals surface area contributed by atoms with E-state index in [1.807, 2.05) is 43.0 Å². The van der Waals surface area contributed by atoms with Gasteiger partial charge in [0.15, 0.2) is 5.76 Å². The SMILES string of the molecule is CC(C)Oc1ccc(C(=O)N2CCC(c3nnc(-c4ccco4)o3)CC2)cc1. The highest BCUT2D eigenvalue weighted by molar-refractivity contribution is 5.94. The van der Waals surface area contributed by atoms with E-state index in [4.69, 9.17) is 13.6 Å². The van der Waals surface area contributed by atoms with E-state index in [1.54, 1.807) is 18.4 Å². The smallest absolute Gasteiger partial charge is 0.283 e. The van der Waals surface area contributed by atoms with Gasteiger partial charge in [0.1, 0.15) is 5.75 Å². The van der Waals surface area contributed by atoms with Gasteiger partial charge in [-0.1, -0.05) is 0 Å². The lowest BCUT2D eigenvalue weighted by Crippen LogP contribution is -2.38. The monoisotopic (exact) mass is 381 g/mol. The molecule has 1 fully saturated rings. The summed E-state index contributed by atoms with van der Waals surface area (Å²) in [5.74, 6) is 2.53. The number of rotatable bonds is 5. The maximum atomic E-state index is 12.8. The normalized spacial score (nSPS) is 15.2. The second kappa shape index (κ2) is 7.88. The Labute approximate surface area is 163 Å². The molecule has 2 aromatic heterocycles. The summed E-state index contributed by atoms with van der Waals surface area (Å²) in [6.07, 6.45) is 3.27. The van der Waals surface area contributed by atoms with Gasteiger partial charge in [0.2, 0.25) is 5.89 Å². The number of aromatic nitrogens is 2. The number of nitrogens with zero attached hydrogens (tertiary/aromatic N) is 3. The highest BCUT2D eigenvalue weighted by Gasteiger charge is 2.28. The molecule has 4 rings (SSSR count). The number of amides is 1. The van der Waals surface area contributed by atoms with Gasteiger partial charge < -0.3 is 18.5 Å². The first-order valence-corrected chi connectivity index (χ1v) is 9.53. The Morgan fingerprint density at radius 2 is 1.89 bits per heavy atom. The molecule has 7 nitrogen and oxygen atoms in total. The van der Waals surface area contributed by atoms with Crippen molar-refractivity contribution in [2.24, 2.45) is 0 Å². The van der Waals surface area contributed by atoms with Gasteiger partial charge >= 0.3 is 0 Å². The Morgan fingerprint density at radius 1 is 1.14 bits per heavy atom. The quantitative estimate of drug-likeness (QED) is 0.661. The largest absolute Gasteiger partial charge is 0.491 e. The van der Waals surface area contributed by atoms with E-state index in [9.17, 15) is 4.79 Å². The maximum absolute atomic E-state index is 12.8. The van der Waals surface area contributed by atoms with Crippen LogP contribution in [0.5, 0.6) is 5.75 Å². The van der Waals surface area contributed by atoms with Crippen molar-refractivity contribution >= 4 is 5.91 Å². The molecule has 0 radical (unpaired) electrons. The third-order valence-electron chi connectivity index (χ3n) is 4.78. The van der Waals surface area contributed by atoms with E-state index in [1.165, 1.54) is 0 Å². The number of furan rings is 1. The van der Waals surface area contributed by atoms with Crippen LogP contribution in [0.15, 0.2) is 51.5 Å². The fourth-order valence-electron chi connectivity index (χ4n) is 3.36. The summed E-state index contributed by atoms with van der Waals surface area (Å²) in [4.78, 5) is 14.6. The van der Waals surface area contributed by atoms with Gasteiger partial charge in [0, 0.05) is 24.6 Å². The van der Waals surface area contributed by atoms with Gasteiger partial charge in [-0.25, -0.2) is 0 Å². The van der Waals surface area contributed by atoms with Gasteiger partial charge in [0.05, 0.1) is 12.4 Å². The van der Waals surface area contributed by atoms with E-state index in [0.717, 1.165) is 18.6 Å². The summed E-state index contributed by atoms with van der Waals surface area (Å²) in [7, 11) is 0. The van der Waals surface area contributed by atoms with Crippen molar-refractivity contribution in [3.8, 4) is 17.4 Å². The van der Waals surface area contributed by atoms with Crippen molar-refractivity contribution in [2.45, 2.75) is 38.7 Å². The van der Waals surface area contributed by atoms with E-state index in [-0.39, 0.29) is 17.9 Å². The number of likely N-dealkylation sites (tertiary alicyclic amines) is 1. The fourth-order valence-corrected chi connectivity index (χ4v) is 3.36. The molecule has 146 valence electrons. The van der Waals surface area contributed by atoms with Crippen molar-refractivity contribution in [1.29, 1.82) is 0 Å². The molecule has 7 heteroatoms. The molecule has 1 aliphatic rings. The molecule has 0 bridgehead atoms. The molecule has 0 spiro atoms. The molecular formula is C21H23N3O4. The third kappa shape index (κ3) is 3.93. The van der Waals surface area contributed by atoms with Crippen molar-refractivity contribution in [3.05, 3.63) is 54.1 Å². The Bertz CT molecular complexity index is 908. The summed E-state index contributed by atoms with van der Waals surface area (Å²) < 4.78 is 16.7. The molecule has 0 unspecified atom stereocenters. The summed E-state index contributed by atoms with van der Waals surface area (Å²) in [6.45, 7) is 5.27. The first kappa shape index (κ1) is 18.3. The van der Waals surface area contributed by atoms with Crippen molar-refractivity contribution in [3.63, 3.8) is 0 Å². The number of carbonyl (C=O) groups excluding carboxylic acids is 1. The molecule has 0 saturated carbocycles. The second-order valence-corrected chi connectivity index (χ2v) is 7.18. The number of hydrogen-bond donors (Lipinski definition) is 0. The van der Waals surface area contributed by atoms with Gasteiger partial charge in [0.25, 0.3) is 11.8 Å². The average Bonchev–Trinajstić information content (AvgIpc) is 3.39. The predicted molar refractivity (Wildman–Crippen MR) is 102 cm³/mol. The fraction of sp³-hybridized carbons (Fsp3) is 0.381. The highest BCUT2D eigenvalue weighted by Crippen LogP contribution is 2.30. The second-order valence-electron chi connectivity index (χ2n) is 7.18. The van der Waals surface area contributed by atoms with E-state index >= 15 is 0 Å². The molecule has 1 amide bonds. The van der Waals surface area contributed by atoms with Crippen LogP contribution in [0.2, 0.25) is 0 Å². The highest BCUT2D eigenvalue weighted by atomic mass is 16.5. The van der Waals surface area contributed by atoms with Crippen LogP contribution in [0.4, 0.5) is 0 Å². The molecular weight excluding hydrogens is 358 g/mol. The first-order valence-electron chi connectivity index (χ1n) is 9.53. The zero-order valence-corrected chi connectivity index (χ0v) is 16.0. The Morgan fingerprint density at radius 3 is 2.54 bits per heavy atom. The van der Waals surface area contributed by atoms with Crippen LogP contribution < -0.4 is 4.74 Å². The van der Waals surface area contributed by atoms with Crippen molar-refractivity contribution < 1.29 is 18.4 Å². The van der Waals surface area contributed by atoms with Crippen molar-refractivity contribution in [2.75, 3.05) is 13.1 Å². The van der Waals surface area contributed by atoms with Crippen LogP contribution in [0.3, 0.4) is 0 Å². The summed E-state index contributed by atoms with van der Waals surface area (Å²) in [6, 6.07) is 10.9. The van der Waals surface area contributed by atoms with E-state index in [0.29, 0.717) is 36.2 Å². The molecule has 1 aliphatic heterocycles. The molecule has 1 aromatic carbocycles. The molecule has 28 heavy (non-hydrogen) atoms. The molecule has 3 heterocycles. The minimum absolute atomic E-state index is 0.0383. The topological polar surface area (TPSA) is 81.6 Å². The summed E-state index contributed by atoms with van der Waals surface area (Å²) >= 11 is 0. The van der Waals surface area contributed by atoms with Gasteiger partial charge in [-0.3, -0.25) is 4.79 Å². The van der Waals surface area contributed by atoms with Crippen LogP contribution in [0, 0.1) is 0 Å². The van der Waals surface area contributed by atoms with Gasteiger partial charge in [-0.2, -0.15) is 0 Å². The Hall–Kier alpha value is -3.09. The molecule has 0 N–H and O–H groups in total. The lowest BCUT2D eigenvalue weighted by atomic mass is 9.96. The molecule has 1 saturated heterocycles. The number of ether oxygens (including phenoxy) is 1. The van der Waals surface area contributed by atoms with Gasteiger partial charge in [-0.05, 0) is 63.1 Å². The van der Waals surface area contributed by atoms with Crippen molar-refractivity contribution in [1.82, 2.24) is 15.1 Å². The van der Waals surface area contributed by atoms with E-state index in [2.05, 4.69) is 10.2 Å². The van der Waals surface area contributed by atoms with Crippen LogP contribution in [0.25, 0.3) is 11.7 Å². The lowest BCUT2D eigenvalue weighted by molar-refractivity contribution is 0.0706. The third-order valence-corrected chi connectivity index (χ3v) is 4.78. The molecule has 0 atom stereocenters. The minimum Gasteiger partial charge on any atom is -0.491 e. The Kier molecular flexibility index (Phi) is 5.14. The summed E-state index contributed by atoms with van der Waals surface area (Å²) in [5, 5.41) is 8.22. The first-order chi connectivity index (χ1) is 13.6. The lowest BCUT2D eigenvalue weighted by Gasteiger charge is -2.30. The van der Waals surface area contributed by atoms with Crippen LogP contribution in [-0.2, 0) is 0 Å². The number of benzene rings is 1. The standard InChI is InChI=1S/C21H23N3O4/c1-14(2)27-17-7-5-16(6-8-17)21(25)24-11-9-15(10-12-24)19-22-23-20(28-19)18-4-3-13-26-18/h3-8,13-15H,9-12H2,1-2H3. The predicted octanol–water partition coefficient (Wildman–Crippen LogP) is 4.14. The molecule has 0 aliphatic carbocycles. The summed E-state index contributed by atoms with van der Waals surface area (Å²) in [5.41, 5.74) is 0.674.